The Hall–Kier alpha value is -2.33. The van der Waals surface area contributed by atoms with E-state index >= 15 is 0 Å². The monoisotopic (exact) mass is 368 g/mol. The number of hydrogen-bond acceptors (Lipinski definition) is 1. The van der Waals surface area contributed by atoms with Gasteiger partial charge < -0.3 is 10.3 Å². The number of hydrogen-bond donors (Lipinski definition) is 2. The van der Waals surface area contributed by atoms with Crippen molar-refractivity contribution < 1.29 is 4.79 Å². The van der Waals surface area contributed by atoms with Crippen LogP contribution in [-0.2, 0) is 11.2 Å². The number of benzene rings is 2. The van der Waals surface area contributed by atoms with Gasteiger partial charge >= 0.3 is 0 Å². The van der Waals surface area contributed by atoms with E-state index in [1.165, 1.54) is 10.9 Å². The fourth-order valence-electron chi connectivity index (χ4n) is 2.50. The van der Waals surface area contributed by atoms with Gasteiger partial charge in [-0.3, -0.25) is 4.79 Å². The van der Waals surface area contributed by atoms with Gasteiger partial charge in [0.15, 0.2) is 0 Å². The van der Waals surface area contributed by atoms with Gasteiger partial charge in [-0.15, -0.1) is 0 Å². The molecule has 23 heavy (non-hydrogen) atoms. The van der Waals surface area contributed by atoms with Crippen LogP contribution in [-0.4, -0.2) is 17.4 Å². The topological polar surface area (TPSA) is 44.9 Å². The second-order valence-electron chi connectivity index (χ2n) is 5.29. The SMILES string of the molecule is O=C(C=Cc1cccc(Br)c1)NCCc1c[nH]c2ccccc12. The summed E-state index contributed by atoms with van der Waals surface area (Å²) in [6.45, 7) is 0.615. The summed E-state index contributed by atoms with van der Waals surface area (Å²) in [6, 6.07) is 16.0. The molecule has 116 valence electrons. The molecule has 0 radical (unpaired) electrons. The Bertz CT molecular complexity index is 851. The third-order valence-electron chi connectivity index (χ3n) is 3.64. The van der Waals surface area contributed by atoms with Crippen molar-refractivity contribution in [2.75, 3.05) is 6.54 Å². The summed E-state index contributed by atoms with van der Waals surface area (Å²) in [6.07, 6.45) is 6.19. The quantitative estimate of drug-likeness (QED) is 0.647. The second-order valence-corrected chi connectivity index (χ2v) is 6.20. The smallest absolute Gasteiger partial charge is 0.244 e. The van der Waals surface area contributed by atoms with E-state index < -0.39 is 0 Å². The first-order chi connectivity index (χ1) is 11.2. The zero-order valence-electron chi connectivity index (χ0n) is 12.6. The molecule has 0 aliphatic heterocycles. The maximum atomic E-state index is 11.9. The molecule has 3 rings (SSSR count). The number of halogens is 1. The van der Waals surface area contributed by atoms with Gasteiger partial charge in [-0.1, -0.05) is 46.3 Å². The predicted octanol–water partition coefficient (Wildman–Crippen LogP) is 4.30. The lowest BCUT2D eigenvalue weighted by molar-refractivity contribution is -0.116. The Labute approximate surface area is 143 Å². The van der Waals surface area contributed by atoms with E-state index in [-0.39, 0.29) is 5.91 Å². The lowest BCUT2D eigenvalue weighted by Gasteiger charge is -2.02. The molecule has 3 aromatic rings. The van der Waals surface area contributed by atoms with Crippen LogP contribution < -0.4 is 5.32 Å². The van der Waals surface area contributed by atoms with Gasteiger partial charge in [-0.2, -0.15) is 0 Å². The first-order valence-corrected chi connectivity index (χ1v) is 8.28. The Morgan fingerprint density at radius 3 is 2.91 bits per heavy atom. The van der Waals surface area contributed by atoms with Crippen molar-refractivity contribution in [3.8, 4) is 0 Å². The van der Waals surface area contributed by atoms with Crippen molar-refractivity contribution in [2.24, 2.45) is 0 Å². The molecule has 1 aromatic heterocycles. The second kappa shape index (κ2) is 7.29. The van der Waals surface area contributed by atoms with Gasteiger partial charge in [-0.05, 0) is 41.8 Å². The molecular formula is C19H17BrN2O. The molecule has 0 bridgehead atoms. The van der Waals surface area contributed by atoms with Gasteiger partial charge in [-0.25, -0.2) is 0 Å². The van der Waals surface area contributed by atoms with Crippen LogP contribution in [0, 0.1) is 0 Å². The number of nitrogens with one attached hydrogen (secondary N) is 2. The molecular weight excluding hydrogens is 352 g/mol. The average Bonchev–Trinajstić information content (AvgIpc) is 2.97. The molecule has 1 amide bonds. The van der Waals surface area contributed by atoms with E-state index in [4.69, 9.17) is 0 Å². The van der Waals surface area contributed by atoms with Crippen molar-refractivity contribution in [1.82, 2.24) is 10.3 Å². The molecule has 0 saturated carbocycles. The van der Waals surface area contributed by atoms with Crippen LogP contribution in [0.1, 0.15) is 11.1 Å². The molecule has 0 fully saturated rings. The van der Waals surface area contributed by atoms with Gasteiger partial charge in [0.2, 0.25) is 5.91 Å². The molecule has 2 N–H and O–H groups in total. The van der Waals surface area contributed by atoms with Crippen LogP contribution in [0.25, 0.3) is 17.0 Å². The summed E-state index contributed by atoms with van der Waals surface area (Å²) in [5, 5.41) is 4.13. The number of amides is 1. The molecule has 0 aliphatic carbocycles. The molecule has 1 heterocycles. The summed E-state index contributed by atoms with van der Waals surface area (Å²) in [4.78, 5) is 15.1. The average molecular weight is 369 g/mol. The normalized spacial score (nSPS) is 11.2. The Balaban J connectivity index is 1.53. The van der Waals surface area contributed by atoms with Crippen molar-refractivity contribution in [3.05, 3.63) is 76.4 Å². The van der Waals surface area contributed by atoms with E-state index in [1.807, 2.05) is 48.7 Å². The number of aromatic nitrogens is 1. The van der Waals surface area contributed by atoms with E-state index in [0.717, 1.165) is 22.0 Å². The number of rotatable bonds is 5. The zero-order chi connectivity index (χ0) is 16.1. The highest BCUT2D eigenvalue weighted by molar-refractivity contribution is 9.10. The first-order valence-electron chi connectivity index (χ1n) is 7.49. The number of carbonyl (C=O) groups excluding carboxylic acids is 1. The summed E-state index contributed by atoms with van der Waals surface area (Å²) >= 11 is 3.42. The molecule has 2 aromatic carbocycles. The summed E-state index contributed by atoms with van der Waals surface area (Å²) in [5.74, 6) is -0.0789. The molecule has 4 heteroatoms. The van der Waals surface area contributed by atoms with Crippen molar-refractivity contribution >= 4 is 38.8 Å². The van der Waals surface area contributed by atoms with E-state index in [1.54, 1.807) is 6.08 Å². The first kappa shape index (κ1) is 15.6. The largest absolute Gasteiger partial charge is 0.361 e. The summed E-state index contributed by atoms with van der Waals surface area (Å²) < 4.78 is 0.999. The van der Waals surface area contributed by atoms with Crippen molar-refractivity contribution in [2.45, 2.75) is 6.42 Å². The zero-order valence-corrected chi connectivity index (χ0v) is 14.1. The molecule has 0 spiro atoms. The fourth-order valence-corrected chi connectivity index (χ4v) is 2.92. The van der Waals surface area contributed by atoms with Crippen molar-refractivity contribution in [1.29, 1.82) is 0 Å². The predicted molar refractivity (Wildman–Crippen MR) is 98.2 cm³/mol. The lowest BCUT2D eigenvalue weighted by atomic mass is 10.1. The fraction of sp³-hybridized carbons (Fsp3) is 0.105. The van der Waals surface area contributed by atoms with E-state index in [2.05, 4.69) is 38.4 Å². The molecule has 3 nitrogen and oxygen atoms in total. The van der Waals surface area contributed by atoms with E-state index in [9.17, 15) is 4.79 Å². The number of aromatic amines is 1. The molecule has 0 saturated heterocycles. The van der Waals surface area contributed by atoms with Crippen LogP contribution in [0.15, 0.2) is 65.3 Å². The third-order valence-corrected chi connectivity index (χ3v) is 4.14. The number of H-pyrrole nitrogens is 1. The van der Waals surface area contributed by atoms with Gasteiger partial charge in [0, 0.05) is 34.2 Å². The number of carbonyl (C=O) groups is 1. The van der Waals surface area contributed by atoms with Gasteiger partial charge in [0.05, 0.1) is 0 Å². The van der Waals surface area contributed by atoms with Crippen LogP contribution in [0.5, 0.6) is 0 Å². The minimum Gasteiger partial charge on any atom is -0.361 e. The Morgan fingerprint density at radius 1 is 1.17 bits per heavy atom. The molecule has 0 unspecified atom stereocenters. The van der Waals surface area contributed by atoms with Gasteiger partial charge in [0.1, 0.15) is 0 Å². The van der Waals surface area contributed by atoms with Crippen LogP contribution >= 0.6 is 15.9 Å². The number of para-hydroxylation sites is 1. The minimum absolute atomic E-state index is 0.0789. The van der Waals surface area contributed by atoms with Gasteiger partial charge in [0.25, 0.3) is 0 Å². The maximum Gasteiger partial charge on any atom is 0.244 e. The lowest BCUT2D eigenvalue weighted by Crippen LogP contribution is -2.23. The van der Waals surface area contributed by atoms with Crippen LogP contribution in [0.3, 0.4) is 0 Å². The highest BCUT2D eigenvalue weighted by Crippen LogP contribution is 2.17. The Morgan fingerprint density at radius 2 is 2.04 bits per heavy atom. The highest BCUT2D eigenvalue weighted by Gasteiger charge is 2.03. The van der Waals surface area contributed by atoms with Crippen molar-refractivity contribution in [3.63, 3.8) is 0 Å². The highest BCUT2D eigenvalue weighted by atomic mass is 79.9. The Kier molecular flexibility index (Phi) is 4.93. The number of fused-ring (bicyclic) bond motifs is 1. The minimum atomic E-state index is -0.0789. The van der Waals surface area contributed by atoms with Crippen LogP contribution in [0.4, 0.5) is 0 Å². The maximum absolute atomic E-state index is 11.9. The molecule has 0 aliphatic rings. The molecule has 0 atom stereocenters. The summed E-state index contributed by atoms with van der Waals surface area (Å²) in [5.41, 5.74) is 3.34. The van der Waals surface area contributed by atoms with E-state index in [0.29, 0.717) is 6.54 Å². The third kappa shape index (κ3) is 4.11. The standard InChI is InChI=1S/C19H17BrN2O/c20-16-5-3-4-14(12-16)8-9-19(23)21-11-10-15-13-22-18-7-2-1-6-17(15)18/h1-9,12-13,22H,10-11H2,(H,21,23). The summed E-state index contributed by atoms with van der Waals surface area (Å²) in [7, 11) is 0. The van der Waals surface area contributed by atoms with Crippen LogP contribution in [0.2, 0.25) is 0 Å².